The van der Waals surface area contributed by atoms with E-state index < -0.39 is 47.0 Å². The fourth-order valence-electron chi connectivity index (χ4n) is 3.60. The van der Waals surface area contributed by atoms with Gasteiger partial charge in [-0.15, -0.1) is 0 Å². The lowest BCUT2D eigenvalue weighted by atomic mass is 9.92. The van der Waals surface area contributed by atoms with Gasteiger partial charge >= 0.3 is 18.0 Å². The maximum absolute atomic E-state index is 13.5. The molecule has 0 aromatic heterocycles. The van der Waals surface area contributed by atoms with Gasteiger partial charge in [-0.2, -0.15) is 0 Å². The van der Waals surface area contributed by atoms with Crippen LogP contribution in [0.2, 0.25) is 0 Å². The predicted molar refractivity (Wildman–Crippen MR) is 143 cm³/mol. The lowest BCUT2D eigenvalue weighted by Gasteiger charge is -2.25. The summed E-state index contributed by atoms with van der Waals surface area (Å²) >= 11 is 0. The Hall–Kier alpha value is -3.68. The second-order valence-corrected chi connectivity index (χ2v) is 11.1. The van der Waals surface area contributed by atoms with Gasteiger partial charge in [0.1, 0.15) is 17.8 Å². The molecule has 0 radical (unpaired) electrons. The minimum atomic E-state index is -1.08. The Morgan fingerprint density at radius 1 is 0.737 bits per heavy atom. The lowest BCUT2D eigenvalue weighted by molar-refractivity contribution is -0.162. The van der Waals surface area contributed by atoms with E-state index in [-0.39, 0.29) is 25.9 Å². The summed E-state index contributed by atoms with van der Waals surface area (Å²) in [5, 5.41) is 2.64. The average Bonchev–Trinajstić information content (AvgIpc) is 2.80. The molecule has 8 nitrogen and oxygen atoms in total. The molecule has 0 bridgehead atoms. The number of carbonyl (C=O) groups excluding carboxylic acids is 4. The highest BCUT2D eigenvalue weighted by atomic mass is 16.6. The molecule has 0 aliphatic carbocycles. The van der Waals surface area contributed by atoms with Crippen molar-refractivity contribution in [2.24, 2.45) is 5.92 Å². The van der Waals surface area contributed by atoms with Crippen LogP contribution in [0, 0.1) is 5.92 Å². The van der Waals surface area contributed by atoms with Gasteiger partial charge in [-0.3, -0.25) is 14.4 Å². The summed E-state index contributed by atoms with van der Waals surface area (Å²) in [6.45, 7) is 10.3. The molecule has 38 heavy (non-hydrogen) atoms. The molecule has 0 aliphatic heterocycles. The van der Waals surface area contributed by atoms with E-state index in [9.17, 15) is 19.2 Å². The van der Waals surface area contributed by atoms with Crippen molar-refractivity contribution in [3.8, 4) is 0 Å². The molecule has 8 heteroatoms. The third kappa shape index (κ3) is 12.0. The number of esters is 2. The van der Waals surface area contributed by atoms with Gasteiger partial charge in [0.25, 0.3) is 0 Å². The van der Waals surface area contributed by atoms with Crippen LogP contribution in [0.5, 0.6) is 0 Å². The molecule has 0 saturated heterocycles. The second kappa shape index (κ2) is 13.7. The molecule has 206 valence electrons. The van der Waals surface area contributed by atoms with Gasteiger partial charge in [-0.05, 0) is 59.1 Å². The Labute approximate surface area is 225 Å². The quantitative estimate of drug-likeness (QED) is 0.318. The first kappa shape index (κ1) is 30.5. The number of alkyl carbamates (subject to hydrolysis) is 1. The van der Waals surface area contributed by atoms with Crippen molar-refractivity contribution >= 4 is 23.8 Å². The summed E-state index contributed by atoms with van der Waals surface area (Å²) in [4.78, 5) is 51.6. The van der Waals surface area contributed by atoms with Crippen LogP contribution >= 0.6 is 0 Å². The Morgan fingerprint density at radius 3 is 1.79 bits per heavy atom. The van der Waals surface area contributed by atoms with Crippen LogP contribution in [0.4, 0.5) is 4.79 Å². The third-order valence-corrected chi connectivity index (χ3v) is 5.20. The van der Waals surface area contributed by atoms with E-state index >= 15 is 0 Å². The first-order valence-corrected chi connectivity index (χ1v) is 12.7. The number of Topliss-reactive ketones (excluding diaryl/α,β-unsaturated/α-hetero) is 1. The number of ether oxygens (including phenoxy) is 3. The molecule has 2 rings (SSSR count). The first-order valence-electron chi connectivity index (χ1n) is 12.7. The van der Waals surface area contributed by atoms with E-state index in [2.05, 4.69) is 5.32 Å². The van der Waals surface area contributed by atoms with E-state index in [4.69, 9.17) is 14.2 Å². The fraction of sp³-hybridized carbons (Fsp3) is 0.467. The minimum Gasteiger partial charge on any atom is -0.461 e. The standard InChI is InChI=1S/C30H39NO7/c1-29(2,3)37-26(33)19-23(27(34)36-20-22-15-11-8-12-16-22)18-25(32)24(17-21-13-9-7-10-14-21)31-28(35)38-30(4,5)6/h7-16,23-24H,17-20H2,1-6H3,(H,31,35)/t23-,24+/m1/s1. The normalized spacial score (nSPS) is 13.1. The summed E-state index contributed by atoms with van der Waals surface area (Å²) in [6.07, 6.45) is -1.21. The van der Waals surface area contributed by atoms with E-state index in [1.807, 2.05) is 60.7 Å². The molecule has 0 heterocycles. The van der Waals surface area contributed by atoms with Crippen LogP contribution in [0.1, 0.15) is 65.5 Å². The number of carbonyl (C=O) groups is 4. The molecule has 0 unspecified atom stereocenters. The molecule has 2 atom stereocenters. The summed E-state index contributed by atoms with van der Waals surface area (Å²) in [5.74, 6) is -2.82. The molecule has 0 aliphatic rings. The topological polar surface area (TPSA) is 108 Å². The average molecular weight is 526 g/mol. The third-order valence-electron chi connectivity index (χ3n) is 5.20. The first-order chi connectivity index (χ1) is 17.7. The maximum atomic E-state index is 13.5. The van der Waals surface area contributed by atoms with Crippen molar-refractivity contribution in [2.75, 3.05) is 0 Å². The van der Waals surface area contributed by atoms with Gasteiger partial charge in [0.15, 0.2) is 5.78 Å². The van der Waals surface area contributed by atoms with E-state index in [1.54, 1.807) is 41.5 Å². The molecule has 0 saturated carbocycles. The van der Waals surface area contributed by atoms with Crippen LogP contribution in [0.15, 0.2) is 60.7 Å². The molecule has 1 amide bonds. The highest BCUT2D eigenvalue weighted by Crippen LogP contribution is 2.20. The second-order valence-electron chi connectivity index (χ2n) is 11.1. The molecule has 0 spiro atoms. The summed E-state index contributed by atoms with van der Waals surface area (Å²) in [5.41, 5.74) is 0.0764. The summed E-state index contributed by atoms with van der Waals surface area (Å²) in [7, 11) is 0. The molecule has 2 aromatic carbocycles. The van der Waals surface area contributed by atoms with Crippen LogP contribution in [0.3, 0.4) is 0 Å². The van der Waals surface area contributed by atoms with Crippen molar-refractivity contribution in [3.05, 3.63) is 71.8 Å². The van der Waals surface area contributed by atoms with Crippen LogP contribution in [0.25, 0.3) is 0 Å². The zero-order valence-corrected chi connectivity index (χ0v) is 23.1. The molecule has 0 fully saturated rings. The van der Waals surface area contributed by atoms with Crippen LogP contribution < -0.4 is 5.32 Å². The number of benzene rings is 2. The molecular weight excluding hydrogens is 486 g/mol. The number of ketones is 1. The zero-order chi connectivity index (χ0) is 28.3. The van der Waals surface area contributed by atoms with Gasteiger partial charge < -0.3 is 19.5 Å². The lowest BCUT2D eigenvalue weighted by Crippen LogP contribution is -2.45. The monoisotopic (exact) mass is 525 g/mol. The van der Waals surface area contributed by atoms with Gasteiger partial charge in [0.2, 0.25) is 0 Å². The Bertz CT molecular complexity index is 1070. The SMILES string of the molecule is CC(C)(C)OC(=O)C[C@@H](CC(=O)[C@H](Cc1ccccc1)NC(=O)OC(C)(C)C)C(=O)OCc1ccccc1. The summed E-state index contributed by atoms with van der Waals surface area (Å²) in [6, 6.07) is 17.3. The fourth-order valence-corrected chi connectivity index (χ4v) is 3.60. The van der Waals surface area contributed by atoms with Crippen molar-refractivity contribution in [1.29, 1.82) is 0 Å². The molecule has 2 aromatic rings. The predicted octanol–water partition coefficient (Wildman–Crippen LogP) is 5.17. The van der Waals surface area contributed by atoms with Gasteiger partial charge in [-0.25, -0.2) is 4.79 Å². The minimum absolute atomic E-state index is 0.00227. The number of rotatable bonds is 11. The Kier molecular flexibility index (Phi) is 11.0. The number of hydrogen-bond acceptors (Lipinski definition) is 7. The summed E-state index contributed by atoms with van der Waals surface area (Å²) < 4.78 is 16.2. The molecular formula is C30H39NO7. The Balaban J connectivity index is 2.22. The van der Waals surface area contributed by atoms with Crippen molar-refractivity contribution < 1.29 is 33.4 Å². The van der Waals surface area contributed by atoms with E-state index in [0.29, 0.717) is 0 Å². The Morgan fingerprint density at radius 2 is 1.26 bits per heavy atom. The van der Waals surface area contributed by atoms with E-state index in [1.165, 1.54) is 0 Å². The molecule has 1 N–H and O–H groups in total. The maximum Gasteiger partial charge on any atom is 0.408 e. The van der Waals surface area contributed by atoms with Gasteiger partial charge in [-0.1, -0.05) is 60.7 Å². The smallest absolute Gasteiger partial charge is 0.408 e. The highest BCUT2D eigenvalue weighted by Gasteiger charge is 2.33. The zero-order valence-electron chi connectivity index (χ0n) is 23.1. The number of hydrogen-bond donors (Lipinski definition) is 1. The van der Waals surface area contributed by atoms with Gasteiger partial charge in [0, 0.05) is 6.42 Å². The number of amides is 1. The van der Waals surface area contributed by atoms with Crippen molar-refractivity contribution in [2.45, 2.75) is 84.7 Å². The highest BCUT2D eigenvalue weighted by molar-refractivity contribution is 5.92. The van der Waals surface area contributed by atoms with Crippen molar-refractivity contribution in [3.63, 3.8) is 0 Å². The van der Waals surface area contributed by atoms with Gasteiger partial charge in [0.05, 0.1) is 18.4 Å². The van der Waals surface area contributed by atoms with Crippen LogP contribution in [-0.4, -0.2) is 41.1 Å². The number of nitrogens with one attached hydrogen (secondary N) is 1. The van der Waals surface area contributed by atoms with Crippen LogP contribution in [-0.2, 0) is 41.6 Å². The largest absolute Gasteiger partial charge is 0.461 e. The van der Waals surface area contributed by atoms with Crippen molar-refractivity contribution in [1.82, 2.24) is 5.32 Å². The van der Waals surface area contributed by atoms with E-state index in [0.717, 1.165) is 11.1 Å².